The van der Waals surface area contributed by atoms with Gasteiger partial charge < -0.3 is 14.5 Å². The minimum Gasteiger partial charge on any atom is -0.496 e. The second kappa shape index (κ2) is 8.16. The summed E-state index contributed by atoms with van der Waals surface area (Å²) >= 11 is 0. The van der Waals surface area contributed by atoms with Crippen molar-refractivity contribution in [2.75, 3.05) is 41.3 Å². The summed E-state index contributed by atoms with van der Waals surface area (Å²) in [5, 5.41) is 0. The highest BCUT2D eigenvalue weighted by molar-refractivity contribution is 5.48. The molecule has 132 valence electrons. The summed E-state index contributed by atoms with van der Waals surface area (Å²) in [5.74, 6) is 1.52. The SMILES string of the molecule is COc1c(CN(C)CCN(C)C)cc(C(C)(C)C)cc1C(C)C. The van der Waals surface area contributed by atoms with E-state index in [2.05, 4.69) is 77.7 Å². The second-order valence-corrected chi connectivity index (χ2v) is 8.20. The topological polar surface area (TPSA) is 15.7 Å². The predicted molar refractivity (Wildman–Crippen MR) is 101 cm³/mol. The van der Waals surface area contributed by atoms with E-state index >= 15 is 0 Å². The van der Waals surface area contributed by atoms with E-state index in [1.165, 1.54) is 16.7 Å². The van der Waals surface area contributed by atoms with E-state index in [0.717, 1.165) is 25.4 Å². The van der Waals surface area contributed by atoms with Crippen LogP contribution in [0.4, 0.5) is 0 Å². The minimum absolute atomic E-state index is 0.146. The van der Waals surface area contributed by atoms with Gasteiger partial charge in [-0.05, 0) is 43.6 Å². The molecule has 0 amide bonds. The Morgan fingerprint density at radius 1 is 1.04 bits per heavy atom. The fourth-order valence-corrected chi connectivity index (χ4v) is 2.68. The van der Waals surface area contributed by atoms with Gasteiger partial charge >= 0.3 is 0 Å². The molecule has 0 bridgehead atoms. The number of rotatable bonds is 7. The maximum Gasteiger partial charge on any atom is 0.126 e. The molecule has 1 aromatic rings. The van der Waals surface area contributed by atoms with Gasteiger partial charge in [0.15, 0.2) is 0 Å². The molecule has 23 heavy (non-hydrogen) atoms. The summed E-state index contributed by atoms with van der Waals surface area (Å²) < 4.78 is 5.79. The molecule has 0 aromatic heterocycles. The van der Waals surface area contributed by atoms with E-state index in [4.69, 9.17) is 4.74 Å². The zero-order valence-corrected chi connectivity index (χ0v) is 16.7. The number of ether oxygens (including phenoxy) is 1. The highest BCUT2D eigenvalue weighted by Crippen LogP contribution is 2.36. The van der Waals surface area contributed by atoms with Crippen LogP contribution in [0.1, 0.15) is 57.2 Å². The largest absolute Gasteiger partial charge is 0.496 e. The first-order valence-corrected chi connectivity index (χ1v) is 8.60. The van der Waals surface area contributed by atoms with E-state index in [1.807, 2.05) is 0 Å². The van der Waals surface area contributed by atoms with Crippen LogP contribution in [0.25, 0.3) is 0 Å². The Labute approximate surface area is 143 Å². The quantitative estimate of drug-likeness (QED) is 0.752. The van der Waals surface area contributed by atoms with Gasteiger partial charge in [0.1, 0.15) is 5.75 Å². The Bertz CT molecular complexity index is 501. The van der Waals surface area contributed by atoms with Crippen molar-refractivity contribution in [3.8, 4) is 5.75 Å². The van der Waals surface area contributed by atoms with Crippen molar-refractivity contribution in [3.63, 3.8) is 0 Å². The molecule has 0 unspecified atom stereocenters. The van der Waals surface area contributed by atoms with Crippen molar-refractivity contribution in [2.45, 2.75) is 52.5 Å². The third-order valence-electron chi connectivity index (χ3n) is 4.26. The van der Waals surface area contributed by atoms with Gasteiger partial charge in [-0.15, -0.1) is 0 Å². The molecule has 0 saturated heterocycles. The first-order chi connectivity index (χ1) is 10.6. The third-order valence-corrected chi connectivity index (χ3v) is 4.26. The zero-order valence-electron chi connectivity index (χ0n) is 16.7. The molecule has 0 radical (unpaired) electrons. The first-order valence-electron chi connectivity index (χ1n) is 8.60. The lowest BCUT2D eigenvalue weighted by Crippen LogP contribution is -2.28. The molecule has 0 aliphatic rings. The van der Waals surface area contributed by atoms with Gasteiger partial charge in [0.05, 0.1) is 7.11 Å². The molecule has 0 spiro atoms. The molecule has 0 N–H and O–H groups in total. The number of likely N-dealkylation sites (N-methyl/N-ethyl adjacent to an activating group) is 2. The molecular weight excluding hydrogens is 284 g/mol. The second-order valence-electron chi connectivity index (χ2n) is 8.20. The summed E-state index contributed by atoms with van der Waals surface area (Å²) in [4.78, 5) is 4.59. The monoisotopic (exact) mass is 320 g/mol. The van der Waals surface area contributed by atoms with Crippen LogP contribution in [0.5, 0.6) is 5.75 Å². The average molecular weight is 321 g/mol. The lowest BCUT2D eigenvalue weighted by Gasteiger charge is -2.27. The van der Waals surface area contributed by atoms with Crippen LogP contribution in [0, 0.1) is 0 Å². The standard InChI is InChI=1S/C20H36N2O/c1-15(2)18-13-17(20(3,4)5)12-16(19(18)23-9)14-22(8)11-10-21(6)7/h12-13,15H,10-11,14H2,1-9H3. The molecule has 3 nitrogen and oxygen atoms in total. The van der Waals surface area contributed by atoms with Crippen LogP contribution in [-0.4, -0.2) is 51.1 Å². The van der Waals surface area contributed by atoms with Crippen molar-refractivity contribution in [1.82, 2.24) is 9.80 Å². The molecule has 0 heterocycles. The molecule has 0 saturated carbocycles. The van der Waals surface area contributed by atoms with Crippen molar-refractivity contribution < 1.29 is 4.74 Å². The fourth-order valence-electron chi connectivity index (χ4n) is 2.68. The Balaban J connectivity index is 3.19. The fraction of sp³-hybridized carbons (Fsp3) is 0.700. The van der Waals surface area contributed by atoms with E-state index in [0.29, 0.717) is 5.92 Å². The van der Waals surface area contributed by atoms with Crippen LogP contribution >= 0.6 is 0 Å². The van der Waals surface area contributed by atoms with Gasteiger partial charge in [0.2, 0.25) is 0 Å². The Morgan fingerprint density at radius 2 is 1.65 bits per heavy atom. The maximum atomic E-state index is 5.79. The highest BCUT2D eigenvalue weighted by Gasteiger charge is 2.21. The number of benzene rings is 1. The van der Waals surface area contributed by atoms with Crippen LogP contribution in [0.3, 0.4) is 0 Å². The van der Waals surface area contributed by atoms with Crippen molar-refractivity contribution in [2.24, 2.45) is 0 Å². The third kappa shape index (κ3) is 5.82. The van der Waals surface area contributed by atoms with Gasteiger partial charge in [-0.25, -0.2) is 0 Å². The Hall–Kier alpha value is -1.06. The van der Waals surface area contributed by atoms with Crippen molar-refractivity contribution >= 4 is 0 Å². The molecule has 1 rings (SSSR count). The summed E-state index contributed by atoms with van der Waals surface area (Å²) in [6, 6.07) is 4.66. The summed E-state index contributed by atoms with van der Waals surface area (Å²) in [5.41, 5.74) is 4.14. The molecule has 0 aliphatic carbocycles. The normalized spacial score (nSPS) is 12.5. The number of hydrogen-bond acceptors (Lipinski definition) is 3. The highest BCUT2D eigenvalue weighted by atomic mass is 16.5. The Morgan fingerprint density at radius 3 is 2.09 bits per heavy atom. The molecule has 0 aliphatic heterocycles. The van der Waals surface area contributed by atoms with Crippen LogP contribution in [-0.2, 0) is 12.0 Å². The van der Waals surface area contributed by atoms with Gasteiger partial charge in [0.25, 0.3) is 0 Å². The average Bonchev–Trinajstić information content (AvgIpc) is 2.43. The van der Waals surface area contributed by atoms with Crippen LogP contribution in [0.2, 0.25) is 0 Å². The molecule has 1 aromatic carbocycles. The van der Waals surface area contributed by atoms with Crippen molar-refractivity contribution in [3.05, 3.63) is 28.8 Å². The van der Waals surface area contributed by atoms with E-state index in [-0.39, 0.29) is 5.41 Å². The van der Waals surface area contributed by atoms with Crippen molar-refractivity contribution in [1.29, 1.82) is 0 Å². The molecule has 3 heteroatoms. The first kappa shape index (κ1) is 20.0. The number of hydrogen-bond donors (Lipinski definition) is 0. The van der Waals surface area contributed by atoms with Gasteiger partial charge in [-0.2, -0.15) is 0 Å². The summed E-state index contributed by atoms with van der Waals surface area (Å²) in [6.45, 7) is 14.3. The van der Waals surface area contributed by atoms with Gasteiger partial charge in [-0.3, -0.25) is 0 Å². The Kier molecular flexibility index (Phi) is 7.09. The molecule has 0 atom stereocenters. The smallest absolute Gasteiger partial charge is 0.126 e. The molecular formula is C20H36N2O. The lowest BCUT2D eigenvalue weighted by atomic mass is 9.83. The van der Waals surface area contributed by atoms with E-state index in [9.17, 15) is 0 Å². The minimum atomic E-state index is 0.146. The number of methoxy groups -OCH3 is 1. The van der Waals surface area contributed by atoms with Crippen LogP contribution < -0.4 is 4.74 Å². The predicted octanol–water partition coefficient (Wildman–Crippen LogP) is 4.11. The van der Waals surface area contributed by atoms with E-state index in [1.54, 1.807) is 7.11 Å². The number of nitrogens with zero attached hydrogens (tertiary/aromatic N) is 2. The molecule has 0 fully saturated rings. The zero-order chi connectivity index (χ0) is 17.8. The maximum absolute atomic E-state index is 5.79. The summed E-state index contributed by atoms with van der Waals surface area (Å²) in [7, 11) is 8.21. The van der Waals surface area contributed by atoms with Crippen LogP contribution in [0.15, 0.2) is 12.1 Å². The van der Waals surface area contributed by atoms with E-state index < -0.39 is 0 Å². The summed E-state index contributed by atoms with van der Waals surface area (Å²) in [6.07, 6.45) is 0. The van der Waals surface area contributed by atoms with Gasteiger partial charge in [0, 0.05) is 25.2 Å². The lowest BCUT2D eigenvalue weighted by molar-refractivity contribution is 0.272. The van der Waals surface area contributed by atoms with Gasteiger partial charge in [-0.1, -0.05) is 46.8 Å².